The van der Waals surface area contributed by atoms with Crippen molar-refractivity contribution in [3.05, 3.63) is 132 Å². The molecule has 0 atom stereocenters. The van der Waals surface area contributed by atoms with E-state index in [1.54, 1.807) is 0 Å². The Kier molecular flexibility index (Phi) is 9.21. The predicted molar refractivity (Wildman–Crippen MR) is 188 cm³/mol. The third-order valence-corrected chi connectivity index (χ3v) is 8.69. The number of hydrogen-bond donors (Lipinski definition) is 0. The fourth-order valence-electron chi connectivity index (χ4n) is 6.35. The molecule has 7 aromatic rings. The molecular weight excluding hydrogens is 760 g/mol. The second kappa shape index (κ2) is 13.3. The van der Waals surface area contributed by atoms with Gasteiger partial charge in [0, 0.05) is 35.0 Å². The van der Waals surface area contributed by atoms with E-state index in [0.29, 0.717) is 23.3 Å². The summed E-state index contributed by atoms with van der Waals surface area (Å²) in [7, 11) is 0. The van der Waals surface area contributed by atoms with Gasteiger partial charge in [0.25, 0.3) is 0 Å². The van der Waals surface area contributed by atoms with Crippen molar-refractivity contribution in [2.45, 2.75) is 59.8 Å². The van der Waals surface area contributed by atoms with E-state index in [1.165, 1.54) is 22.3 Å². The van der Waals surface area contributed by atoms with E-state index in [9.17, 15) is 0 Å². The first-order valence-electron chi connectivity index (χ1n) is 16.1. The molecule has 0 saturated heterocycles. The van der Waals surface area contributed by atoms with Gasteiger partial charge in [0.2, 0.25) is 0 Å². The molecule has 0 radical (unpaired) electrons. The maximum absolute atomic E-state index is 6.39. The summed E-state index contributed by atoms with van der Waals surface area (Å²) < 4.78 is 10.4. The fraction of sp³-hybridized carbons (Fsp3) is 0.220. The van der Waals surface area contributed by atoms with E-state index in [2.05, 4.69) is 118 Å². The molecule has 0 unspecified atom stereocenters. The van der Waals surface area contributed by atoms with Crippen LogP contribution in [0.5, 0.6) is 11.5 Å². The summed E-state index contributed by atoms with van der Waals surface area (Å²) in [5.41, 5.74) is 10.5. The third-order valence-electron chi connectivity index (χ3n) is 8.69. The molecule has 0 bridgehead atoms. The minimum Gasteiger partial charge on any atom is -0.509 e. The van der Waals surface area contributed by atoms with Crippen LogP contribution in [0.3, 0.4) is 0 Å². The SMILES string of the molecule is CCc1cc(C(C)C)c(-c2cnn(-c3[c-]c(Oc4[c-]c5c(cc4)c4ccccc4n5-c4cc(C)ccn4)ccc3)c2)c(C(C)C)c1.[Pt+2]. The number of ether oxygens (including phenoxy) is 1. The molecule has 0 amide bonds. The van der Waals surface area contributed by atoms with Crippen LogP contribution in [0.1, 0.15) is 68.7 Å². The van der Waals surface area contributed by atoms with E-state index in [0.717, 1.165) is 50.9 Å². The van der Waals surface area contributed by atoms with Crippen LogP contribution < -0.4 is 4.74 Å². The first-order valence-corrected chi connectivity index (χ1v) is 16.1. The van der Waals surface area contributed by atoms with Crippen molar-refractivity contribution in [1.29, 1.82) is 0 Å². The zero-order valence-corrected chi connectivity index (χ0v) is 29.9. The molecule has 7 rings (SSSR count). The molecule has 3 aromatic heterocycles. The summed E-state index contributed by atoms with van der Waals surface area (Å²) >= 11 is 0. The van der Waals surface area contributed by atoms with Gasteiger partial charge in [-0.05, 0) is 82.3 Å². The van der Waals surface area contributed by atoms with Gasteiger partial charge in [0.1, 0.15) is 5.82 Å². The van der Waals surface area contributed by atoms with Crippen molar-refractivity contribution < 1.29 is 25.8 Å². The normalized spacial score (nSPS) is 11.5. The number of benzene rings is 4. The Bertz CT molecular complexity index is 2180. The number of pyridine rings is 1. The summed E-state index contributed by atoms with van der Waals surface area (Å²) in [6, 6.07) is 34.2. The quantitative estimate of drug-likeness (QED) is 0.144. The van der Waals surface area contributed by atoms with Gasteiger partial charge < -0.3 is 9.30 Å². The van der Waals surface area contributed by atoms with Crippen molar-refractivity contribution in [3.8, 4) is 34.1 Å². The molecule has 3 heterocycles. The Balaban J connectivity index is 0.00000386. The molecule has 4 aromatic carbocycles. The first kappa shape index (κ1) is 32.5. The second-order valence-electron chi connectivity index (χ2n) is 12.6. The first-order chi connectivity index (χ1) is 22.3. The fourth-order valence-corrected chi connectivity index (χ4v) is 6.35. The van der Waals surface area contributed by atoms with Crippen LogP contribution in [0.2, 0.25) is 0 Å². The van der Waals surface area contributed by atoms with E-state index < -0.39 is 0 Å². The van der Waals surface area contributed by atoms with E-state index in [1.807, 2.05) is 47.4 Å². The summed E-state index contributed by atoms with van der Waals surface area (Å²) in [6.07, 6.45) is 6.95. The number of aromatic nitrogens is 4. The standard InChI is InChI=1S/C41H38N4O.Pt/c1-7-29-20-36(26(2)3)41(37(21-29)27(4)5)30-24-43-44(25-30)31-11-10-12-32(22-31)46-33-15-16-35-34-13-8-9-14-38(34)45(39(35)23-33)40-19-28(6)17-18-42-40;/h8-21,24-27H,7H2,1-6H3;/q-2;+2. The Hall–Kier alpha value is -4.47. The molecule has 6 heteroatoms. The van der Waals surface area contributed by atoms with E-state index >= 15 is 0 Å². The van der Waals surface area contributed by atoms with Gasteiger partial charge in [-0.1, -0.05) is 70.5 Å². The Labute approximate surface area is 291 Å². The molecule has 5 nitrogen and oxygen atoms in total. The number of nitrogens with zero attached hydrogens (tertiary/aromatic N) is 4. The van der Waals surface area contributed by atoms with Crippen molar-refractivity contribution in [1.82, 2.24) is 19.3 Å². The molecule has 0 aliphatic heterocycles. The topological polar surface area (TPSA) is 44.9 Å². The van der Waals surface area contributed by atoms with Crippen molar-refractivity contribution in [2.24, 2.45) is 0 Å². The number of aryl methyl sites for hydroxylation is 2. The molecule has 0 N–H and O–H groups in total. The average molecular weight is 798 g/mol. The summed E-state index contributed by atoms with van der Waals surface area (Å²) in [5, 5.41) is 7.03. The van der Waals surface area contributed by atoms with E-state index in [4.69, 9.17) is 9.84 Å². The smallest absolute Gasteiger partial charge is 0.509 e. The monoisotopic (exact) mass is 797 g/mol. The third kappa shape index (κ3) is 6.17. The molecule has 0 spiro atoms. The number of fused-ring (bicyclic) bond motifs is 3. The summed E-state index contributed by atoms with van der Waals surface area (Å²) in [5.74, 6) is 2.87. The Morgan fingerprint density at radius 1 is 0.809 bits per heavy atom. The van der Waals surface area contributed by atoms with Crippen LogP contribution in [0.25, 0.3) is 44.4 Å². The molecule has 0 aliphatic rings. The predicted octanol–water partition coefficient (Wildman–Crippen LogP) is 10.5. The number of rotatable bonds is 8. The van der Waals surface area contributed by atoms with Gasteiger partial charge in [-0.25, -0.2) is 4.98 Å². The van der Waals surface area contributed by atoms with Crippen LogP contribution in [-0.4, -0.2) is 19.3 Å². The molecular formula is C41H38N4OPt. The maximum Gasteiger partial charge on any atom is 2.00 e. The largest absolute Gasteiger partial charge is 2.00 e. The number of hydrogen-bond acceptors (Lipinski definition) is 3. The van der Waals surface area contributed by atoms with Crippen molar-refractivity contribution >= 4 is 21.8 Å². The van der Waals surface area contributed by atoms with Gasteiger partial charge in [-0.15, -0.1) is 35.7 Å². The van der Waals surface area contributed by atoms with Crippen molar-refractivity contribution in [2.75, 3.05) is 0 Å². The Morgan fingerprint density at radius 3 is 2.28 bits per heavy atom. The maximum atomic E-state index is 6.39. The van der Waals surface area contributed by atoms with Crippen LogP contribution in [-0.2, 0) is 27.5 Å². The zero-order chi connectivity index (χ0) is 31.9. The number of para-hydroxylation sites is 1. The molecule has 0 aliphatic carbocycles. The van der Waals surface area contributed by atoms with Gasteiger partial charge >= 0.3 is 21.1 Å². The van der Waals surface area contributed by atoms with E-state index in [-0.39, 0.29) is 21.1 Å². The van der Waals surface area contributed by atoms with Gasteiger partial charge in [0.05, 0.1) is 6.20 Å². The average Bonchev–Trinajstić information content (AvgIpc) is 3.67. The van der Waals surface area contributed by atoms with Gasteiger partial charge in [-0.2, -0.15) is 17.2 Å². The second-order valence-corrected chi connectivity index (χ2v) is 12.6. The Morgan fingerprint density at radius 2 is 1.55 bits per heavy atom. The van der Waals surface area contributed by atoms with Crippen LogP contribution in [0.4, 0.5) is 0 Å². The van der Waals surface area contributed by atoms with Crippen LogP contribution in [0.15, 0.2) is 97.5 Å². The summed E-state index contributed by atoms with van der Waals surface area (Å²) in [6.45, 7) is 13.4. The molecule has 47 heavy (non-hydrogen) atoms. The zero-order valence-electron chi connectivity index (χ0n) is 27.6. The molecule has 0 fully saturated rings. The van der Waals surface area contributed by atoms with Gasteiger partial charge in [-0.3, -0.25) is 4.68 Å². The molecule has 238 valence electrons. The minimum absolute atomic E-state index is 0. The minimum atomic E-state index is 0. The van der Waals surface area contributed by atoms with Crippen LogP contribution >= 0.6 is 0 Å². The van der Waals surface area contributed by atoms with Gasteiger partial charge in [0.15, 0.2) is 0 Å². The van der Waals surface area contributed by atoms with Crippen LogP contribution in [0, 0.1) is 19.1 Å². The summed E-state index contributed by atoms with van der Waals surface area (Å²) in [4.78, 5) is 4.69. The van der Waals surface area contributed by atoms with Crippen molar-refractivity contribution in [3.63, 3.8) is 0 Å². The molecule has 0 saturated carbocycles.